The molecule has 0 heterocycles. The molecule has 6 heteroatoms. The zero-order valence-electron chi connectivity index (χ0n) is 4.80. The van der Waals surface area contributed by atoms with Gasteiger partial charge in [0.1, 0.15) is 0 Å². The fraction of sp³-hybridized carbons (Fsp3) is 0.600. The Morgan fingerprint density at radius 2 is 1.55 bits per heavy atom. The quantitative estimate of drug-likeness (QED) is 0.434. The van der Waals surface area contributed by atoms with Crippen molar-refractivity contribution in [2.24, 2.45) is 0 Å². The van der Waals surface area contributed by atoms with E-state index in [-0.39, 0.29) is 50.3 Å². The van der Waals surface area contributed by atoms with Gasteiger partial charge in [0, 0.05) is 0 Å². The van der Waals surface area contributed by atoms with E-state index in [1.54, 1.807) is 0 Å². The summed E-state index contributed by atoms with van der Waals surface area (Å²) < 4.78 is 0. The van der Waals surface area contributed by atoms with E-state index in [0.29, 0.717) is 0 Å². The number of hydrogen-bond acceptors (Lipinski definition) is 2. The van der Waals surface area contributed by atoms with Crippen LogP contribution in [0.4, 0.5) is 0 Å². The van der Waals surface area contributed by atoms with Crippen LogP contribution in [0.3, 0.4) is 0 Å². The molecule has 0 fully saturated rings. The molecule has 0 rings (SSSR count). The molecule has 0 radical (unpaired) electrons. The molecule has 0 aromatic carbocycles. The molecule has 0 aromatic rings. The molecule has 70 valence electrons. The summed E-state index contributed by atoms with van der Waals surface area (Å²) in [7, 11) is 0. The van der Waals surface area contributed by atoms with Gasteiger partial charge in [0.25, 0.3) is 0 Å². The van der Waals surface area contributed by atoms with Gasteiger partial charge in [-0.1, -0.05) is 7.43 Å². The van der Waals surface area contributed by atoms with Crippen LogP contribution in [0.2, 0.25) is 0 Å². The van der Waals surface area contributed by atoms with Gasteiger partial charge in [0.15, 0.2) is 5.78 Å². The van der Waals surface area contributed by atoms with Crippen LogP contribution in [0.25, 0.3) is 0 Å². The van der Waals surface area contributed by atoms with Crippen LogP contribution in [-0.2, 0) is 9.59 Å². The van der Waals surface area contributed by atoms with Crippen LogP contribution in [0.15, 0.2) is 0 Å². The number of halogens is 4. The standard InChI is InChI=1S/C4H4Cl2O2.CH4.2ClH/c5-2-3(7)1-4(6)8;;;/h1-2H2;1H4;2*1H. The predicted octanol–water partition coefficient (Wildman–Crippen LogP) is 2.43. The molecule has 0 unspecified atom stereocenters. The highest BCUT2D eigenvalue weighted by atomic mass is 35.5. The second-order valence-corrected chi connectivity index (χ2v) is 1.89. The van der Waals surface area contributed by atoms with Gasteiger partial charge in [-0.25, -0.2) is 0 Å². The second kappa shape index (κ2) is 13.1. The highest BCUT2D eigenvalue weighted by Gasteiger charge is 2.03. The summed E-state index contributed by atoms with van der Waals surface area (Å²) in [6, 6.07) is 0. The molecule has 0 aromatic heterocycles. The van der Waals surface area contributed by atoms with Gasteiger partial charge in [-0.2, -0.15) is 0 Å². The molecule has 0 atom stereocenters. The van der Waals surface area contributed by atoms with Crippen molar-refractivity contribution in [1.82, 2.24) is 0 Å². The molecule has 0 saturated carbocycles. The topological polar surface area (TPSA) is 34.1 Å². The normalized spacial score (nSPS) is 6.36. The van der Waals surface area contributed by atoms with Crippen molar-refractivity contribution in [2.75, 3.05) is 5.88 Å². The molecule has 0 aliphatic heterocycles. The number of carbonyl (C=O) groups excluding carboxylic acids is 2. The minimum Gasteiger partial charge on any atom is -0.298 e. The largest absolute Gasteiger partial charge is 0.298 e. The van der Waals surface area contributed by atoms with Crippen LogP contribution in [0.1, 0.15) is 13.8 Å². The van der Waals surface area contributed by atoms with Crippen molar-refractivity contribution >= 4 is 59.0 Å². The zero-order valence-corrected chi connectivity index (χ0v) is 7.95. The van der Waals surface area contributed by atoms with Gasteiger partial charge in [-0.3, -0.25) is 9.59 Å². The molecule has 0 bridgehead atoms. The maximum absolute atomic E-state index is 10.2. The van der Waals surface area contributed by atoms with Crippen LogP contribution >= 0.6 is 48.0 Å². The maximum atomic E-state index is 10.2. The van der Waals surface area contributed by atoms with Gasteiger partial charge in [0.2, 0.25) is 5.24 Å². The summed E-state index contributed by atoms with van der Waals surface area (Å²) in [6.07, 6.45) is -0.259. The van der Waals surface area contributed by atoms with E-state index in [4.69, 9.17) is 23.2 Å². The van der Waals surface area contributed by atoms with E-state index in [0.717, 1.165) is 0 Å². The van der Waals surface area contributed by atoms with E-state index < -0.39 is 5.24 Å². The summed E-state index contributed by atoms with van der Waals surface area (Å²) in [5, 5.41) is -0.657. The number of ketones is 1. The lowest BCUT2D eigenvalue weighted by molar-refractivity contribution is -0.121. The molecule has 0 spiro atoms. The second-order valence-electron chi connectivity index (χ2n) is 1.20. The summed E-state index contributed by atoms with van der Waals surface area (Å²) in [5.41, 5.74) is 0. The van der Waals surface area contributed by atoms with E-state index in [1.165, 1.54) is 0 Å². The Morgan fingerprint density at radius 3 is 1.64 bits per heavy atom. The summed E-state index contributed by atoms with van der Waals surface area (Å²) >= 11 is 9.87. The Labute approximate surface area is 88.4 Å². The highest BCUT2D eigenvalue weighted by Crippen LogP contribution is 1.91. The molecule has 0 aliphatic carbocycles. The number of alkyl halides is 1. The Morgan fingerprint density at radius 1 is 1.18 bits per heavy atom. The van der Waals surface area contributed by atoms with Gasteiger partial charge >= 0.3 is 0 Å². The third kappa shape index (κ3) is 18.0. The summed E-state index contributed by atoms with van der Waals surface area (Å²) in [5.74, 6) is -0.481. The number of Topliss-reactive ketones (excluding diaryl/α,β-unsaturated/α-hetero) is 1. The monoisotopic (exact) mass is 242 g/mol. The lowest BCUT2D eigenvalue weighted by atomic mass is 10.3. The van der Waals surface area contributed by atoms with Crippen molar-refractivity contribution in [2.45, 2.75) is 13.8 Å². The Balaban J connectivity index is -0.0000000817. The van der Waals surface area contributed by atoms with Crippen LogP contribution < -0.4 is 0 Å². The van der Waals surface area contributed by atoms with Crippen molar-refractivity contribution in [3.8, 4) is 0 Å². The first kappa shape index (κ1) is 22.5. The maximum Gasteiger partial charge on any atom is 0.229 e. The third-order valence-corrected chi connectivity index (χ3v) is 0.917. The van der Waals surface area contributed by atoms with Gasteiger partial charge in [-0.05, 0) is 11.6 Å². The van der Waals surface area contributed by atoms with Crippen LogP contribution in [0.5, 0.6) is 0 Å². The van der Waals surface area contributed by atoms with Gasteiger partial charge in [0.05, 0.1) is 12.3 Å². The molecule has 2 nitrogen and oxygen atoms in total. The highest BCUT2D eigenvalue weighted by molar-refractivity contribution is 6.65. The molecule has 0 saturated heterocycles. The Kier molecular flexibility index (Phi) is 26.9. The van der Waals surface area contributed by atoms with Crippen LogP contribution in [0, 0.1) is 0 Å². The minimum absolute atomic E-state index is 0. The first-order valence-corrected chi connectivity index (χ1v) is 2.84. The van der Waals surface area contributed by atoms with E-state index >= 15 is 0 Å². The van der Waals surface area contributed by atoms with E-state index in [2.05, 4.69) is 0 Å². The molecular weight excluding hydrogens is 234 g/mol. The fourth-order valence-electron chi connectivity index (χ4n) is 0.202. The number of rotatable bonds is 3. The first-order valence-electron chi connectivity index (χ1n) is 1.93. The smallest absolute Gasteiger partial charge is 0.229 e. The van der Waals surface area contributed by atoms with Crippen molar-refractivity contribution in [3.63, 3.8) is 0 Å². The lowest BCUT2D eigenvalue weighted by Gasteiger charge is -1.84. The molecule has 0 amide bonds. The first-order chi connectivity index (χ1) is 3.66. The molecule has 0 aliphatic rings. The van der Waals surface area contributed by atoms with E-state index in [9.17, 15) is 9.59 Å². The van der Waals surface area contributed by atoms with Gasteiger partial charge < -0.3 is 0 Å². The SMILES string of the molecule is C.Cl.Cl.O=C(Cl)CC(=O)CCl. The predicted molar refractivity (Wildman–Crippen MR) is 52.4 cm³/mol. The van der Waals surface area contributed by atoms with Crippen molar-refractivity contribution < 1.29 is 9.59 Å². The third-order valence-electron chi connectivity index (χ3n) is 0.485. The minimum atomic E-state index is -0.657. The lowest BCUT2D eigenvalue weighted by Crippen LogP contribution is -2.02. The zero-order chi connectivity index (χ0) is 6.57. The fourth-order valence-corrected chi connectivity index (χ4v) is 0.446. The average molecular weight is 244 g/mol. The van der Waals surface area contributed by atoms with Gasteiger partial charge in [-0.15, -0.1) is 36.4 Å². The summed E-state index contributed by atoms with van der Waals surface area (Å²) in [4.78, 5) is 20.1. The molecule has 0 N–H and O–H groups in total. The molecule has 11 heavy (non-hydrogen) atoms. The Hall–Kier alpha value is 0.500. The van der Waals surface area contributed by atoms with Crippen LogP contribution in [-0.4, -0.2) is 16.9 Å². The Bertz CT molecular complexity index is 115. The summed E-state index contributed by atoms with van der Waals surface area (Å²) in [6.45, 7) is 0. The number of hydrogen-bond donors (Lipinski definition) is 0. The number of carbonyl (C=O) groups is 2. The van der Waals surface area contributed by atoms with Crippen molar-refractivity contribution in [3.05, 3.63) is 0 Å². The average Bonchev–Trinajstić information content (AvgIpc) is 1.65. The van der Waals surface area contributed by atoms with Crippen molar-refractivity contribution in [1.29, 1.82) is 0 Å². The van der Waals surface area contributed by atoms with E-state index in [1.807, 2.05) is 0 Å². The molecular formula is C5H10Cl4O2.